The highest BCUT2D eigenvalue weighted by Crippen LogP contribution is 2.31. The van der Waals surface area contributed by atoms with Crippen molar-refractivity contribution in [1.82, 2.24) is 14.5 Å². The second-order valence-corrected chi connectivity index (χ2v) is 9.61. The van der Waals surface area contributed by atoms with E-state index in [9.17, 15) is 4.79 Å². The summed E-state index contributed by atoms with van der Waals surface area (Å²) in [6, 6.07) is 25.0. The molecular formula is C30H33N3O2. The number of aromatic nitrogens is 2. The van der Waals surface area contributed by atoms with Crippen LogP contribution in [0.3, 0.4) is 0 Å². The number of amides is 1. The van der Waals surface area contributed by atoms with E-state index in [2.05, 4.69) is 79.1 Å². The van der Waals surface area contributed by atoms with Gasteiger partial charge >= 0.3 is 0 Å². The van der Waals surface area contributed by atoms with Crippen LogP contribution in [0.1, 0.15) is 41.3 Å². The number of aryl methyl sites for hydroxylation is 3. The minimum absolute atomic E-state index is 0.117. The number of benzene rings is 3. The first kappa shape index (κ1) is 23.2. The number of carbonyl (C=O) groups excluding carboxylic acids is 1. The van der Waals surface area contributed by atoms with E-state index < -0.39 is 0 Å². The number of hydrogen-bond donors (Lipinski definition) is 0. The molecule has 1 fully saturated rings. The van der Waals surface area contributed by atoms with Crippen molar-refractivity contribution in [2.75, 3.05) is 19.7 Å². The summed E-state index contributed by atoms with van der Waals surface area (Å²) in [6.07, 6.45) is 2.28. The minimum atomic E-state index is 0.117. The standard InChI is InChI=1S/C30H33N3O2/c1-22-17-23(2)19-26(18-22)35-16-8-14-33-28-12-7-6-11-27(28)31-30(33)25-20-29(34)32(21-25)15-13-24-9-4-3-5-10-24/h3-7,9-12,17-19,25H,8,13-16,20-21H2,1-2H3. The first-order valence-corrected chi connectivity index (χ1v) is 12.5. The first-order chi connectivity index (χ1) is 17.1. The summed E-state index contributed by atoms with van der Waals surface area (Å²) in [5.41, 5.74) is 5.81. The van der Waals surface area contributed by atoms with E-state index >= 15 is 0 Å². The summed E-state index contributed by atoms with van der Waals surface area (Å²) in [6.45, 7) is 7.12. The van der Waals surface area contributed by atoms with Crippen LogP contribution in [0.2, 0.25) is 0 Å². The lowest BCUT2D eigenvalue weighted by Gasteiger charge is -2.17. The van der Waals surface area contributed by atoms with Gasteiger partial charge in [0, 0.05) is 32.0 Å². The minimum Gasteiger partial charge on any atom is -0.494 e. The van der Waals surface area contributed by atoms with Crippen LogP contribution in [-0.2, 0) is 17.8 Å². The van der Waals surface area contributed by atoms with Gasteiger partial charge in [0.25, 0.3) is 0 Å². The highest BCUT2D eigenvalue weighted by molar-refractivity contribution is 5.81. The number of imidazole rings is 1. The smallest absolute Gasteiger partial charge is 0.223 e. The van der Waals surface area contributed by atoms with Gasteiger partial charge in [-0.25, -0.2) is 4.98 Å². The van der Waals surface area contributed by atoms with Gasteiger partial charge in [0.15, 0.2) is 0 Å². The van der Waals surface area contributed by atoms with E-state index in [1.807, 2.05) is 17.0 Å². The van der Waals surface area contributed by atoms with E-state index in [0.717, 1.165) is 55.1 Å². The molecule has 1 unspecified atom stereocenters. The molecule has 0 saturated carbocycles. The van der Waals surface area contributed by atoms with Crippen LogP contribution in [0.5, 0.6) is 5.75 Å². The lowest BCUT2D eigenvalue weighted by Crippen LogP contribution is -2.27. The molecule has 1 aliphatic heterocycles. The van der Waals surface area contributed by atoms with Crippen molar-refractivity contribution in [3.8, 4) is 5.75 Å². The molecule has 2 heterocycles. The summed E-state index contributed by atoms with van der Waals surface area (Å²) in [5.74, 6) is 2.29. The third-order valence-electron chi connectivity index (χ3n) is 6.77. The molecule has 5 nitrogen and oxygen atoms in total. The van der Waals surface area contributed by atoms with Gasteiger partial charge in [0.2, 0.25) is 5.91 Å². The number of nitrogens with zero attached hydrogens (tertiary/aromatic N) is 3. The second-order valence-electron chi connectivity index (χ2n) is 9.61. The van der Waals surface area contributed by atoms with Gasteiger partial charge < -0.3 is 14.2 Å². The van der Waals surface area contributed by atoms with Crippen LogP contribution in [0.15, 0.2) is 72.8 Å². The van der Waals surface area contributed by atoms with Crippen molar-refractivity contribution in [3.63, 3.8) is 0 Å². The average Bonchev–Trinajstić information content (AvgIpc) is 3.40. The Morgan fingerprint density at radius 1 is 0.943 bits per heavy atom. The summed E-state index contributed by atoms with van der Waals surface area (Å²) in [4.78, 5) is 19.8. The van der Waals surface area contributed by atoms with Gasteiger partial charge in [-0.15, -0.1) is 0 Å². The first-order valence-electron chi connectivity index (χ1n) is 12.5. The predicted octanol–water partition coefficient (Wildman–Crippen LogP) is 5.68. The normalized spacial score (nSPS) is 15.8. The number of hydrogen-bond acceptors (Lipinski definition) is 3. The Morgan fingerprint density at radius 2 is 1.69 bits per heavy atom. The van der Waals surface area contributed by atoms with Gasteiger partial charge in [-0.05, 0) is 67.6 Å². The van der Waals surface area contributed by atoms with E-state index in [1.54, 1.807) is 0 Å². The quantitative estimate of drug-likeness (QED) is 0.298. The van der Waals surface area contributed by atoms with Gasteiger partial charge in [-0.3, -0.25) is 4.79 Å². The number of carbonyl (C=O) groups is 1. The third-order valence-corrected chi connectivity index (χ3v) is 6.77. The molecule has 0 spiro atoms. The molecular weight excluding hydrogens is 434 g/mol. The maximum absolute atomic E-state index is 12.8. The maximum atomic E-state index is 12.8. The number of ether oxygens (including phenoxy) is 1. The molecule has 1 atom stereocenters. The number of para-hydroxylation sites is 2. The van der Waals surface area contributed by atoms with Crippen LogP contribution in [0, 0.1) is 13.8 Å². The Kier molecular flexibility index (Phi) is 6.84. The predicted molar refractivity (Wildman–Crippen MR) is 140 cm³/mol. The fraction of sp³-hybridized carbons (Fsp3) is 0.333. The number of rotatable bonds is 9. The lowest BCUT2D eigenvalue weighted by atomic mass is 10.1. The molecule has 0 radical (unpaired) electrons. The van der Waals surface area contributed by atoms with E-state index in [1.165, 1.54) is 16.7 Å². The Bertz CT molecular complexity index is 1290. The number of fused-ring (bicyclic) bond motifs is 1. The van der Waals surface area contributed by atoms with Crippen molar-refractivity contribution >= 4 is 16.9 Å². The van der Waals surface area contributed by atoms with Crippen LogP contribution in [0.25, 0.3) is 11.0 Å². The molecule has 5 heteroatoms. The molecule has 1 saturated heterocycles. The Balaban J connectivity index is 1.27. The molecule has 180 valence electrons. The Hall–Kier alpha value is -3.60. The number of likely N-dealkylation sites (tertiary alicyclic amines) is 1. The molecule has 0 aliphatic carbocycles. The topological polar surface area (TPSA) is 47.4 Å². The zero-order chi connectivity index (χ0) is 24.2. The van der Waals surface area contributed by atoms with E-state index in [-0.39, 0.29) is 11.8 Å². The zero-order valence-electron chi connectivity index (χ0n) is 20.6. The van der Waals surface area contributed by atoms with Crippen molar-refractivity contribution in [1.29, 1.82) is 0 Å². The van der Waals surface area contributed by atoms with Crippen LogP contribution >= 0.6 is 0 Å². The zero-order valence-corrected chi connectivity index (χ0v) is 20.6. The fourth-order valence-corrected chi connectivity index (χ4v) is 5.14. The average molecular weight is 468 g/mol. The van der Waals surface area contributed by atoms with Crippen molar-refractivity contribution in [3.05, 3.63) is 95.3 Å². The van der Waals surface area contributed by atoms with Crippen molar-refractivity contribution in [2.45, 2.75) is 45.6 Å². The molecule has 3 aromatic carbocycles. The van der Waals surface area contributed by atoms with Gasteiger partial charge in [0.1, 0.15) is 11.6 Å². The maximum Gasteiger partial charge on any atom is 0.223 e. The highest BCUT2D eigenvalue weighted by Gasteiger charge is 2.33. The van der Waals surface area contributed by atoms with Crippen molar-refractivity contribution < 1.29 is 9.53 Å². The molecule has 4 aromatic rings. The second kappa shape index (κ2) is 10.3. The van der Waals surface area contributed by atoms with Gasteiger partial charge in [-0.1, -0.05) is 48.5 Å². The van der Waals surface area contributed by atoms with Crippen LogP contribution in [0.4, 0.5) is 0 Å². The Morgan fingerprint density at radius 3 is 2.49 bits per heavy atom. The van der Waals surface area contributed by atoms with Gasteiger partial charge in [-0.2, -0.15) is 0 Å². The summed E-state index contributed by atoms with van der Waals surface area (Å²) in [5, 5.41) is 0. The van der Waals surface area contributed by atoms with Crippen LogP contribution in [-0.4, -0.2) is 40.1 Å². The molecule has 1 aromatic heterocycles. The van der Waals surface area contributed by atoms with E-state index in [4.69, 9.17) is 9.72 Å². The third kappa shape index (κ3) is 5.40. The summed E-state index contributed by atoms with van der Waals surface area (Å²) >= 11 is 0. The highest BCUT2D eigenvalue weighted by atomic mass is 16.5. The van der Waals surface area contributed by atoms with E-state index in [0.29, 0.717) is 13.0 Å². The summed E-state index contributed by atoms with van der Waals surface area (Å²) in [7, 11) is 0. The summed E-state index contributed by atoms with van der Waals surface area (Å²) < 4.78 is 8.36. The van der Waals surface area contributed by atoms with Crippen LogP contribution < -0.4 is 4.74 Å². The molecule has 1 aliphatic rings. The molecule has 0 N–H and O–H groups in total. The lowest BCUT2D eigenvalue weighted by molar-refractivity contribution is -0.127. The monoisotopic (exact) mass is 467 g/mol. The van der Waals surface area contributed by atoms with Gasteiger partial charge in [0.05, 0.1) is 17.6 Å². The SMILES string of the molecule is Cc1cc(C)cc(OCCCn2c(C3CC(=O)N(CCc4ccccc4)C3)nc3ccccc32)c1. The molecule has 1 amide bonds. The molecule has 5 rings (SSSR count). The fourth-order valence-electron chi connectivity index (χ4n) is 5.14. The van der Waals surface area contributed by atoms with Crippen molar-refractivity contribution in [2.24, 2.45) is 0 Å². The molecule has 0 bridgehead atoms. The molecule has 35 heavy (non-hydrogen) atoms. The largest absolute Gasteiger partial charge is 0.494 e. The Labute approximate surface area is 207 Å².